The maximum atomic E-state index is 12.7. The van der Waals surface area contributed by atoms with E-state index in [2.05, 4.69) is 15.9 Å². The Morgan fingerprint density at radius 1 is 1.50 bits per heavy atom. The Kier molecular flexibility index (Phi) is 4.41. The van der Waals surface area contributed by atoms with E-state index in [0.29, 0.717) is 10.0 Å². The summed E-state index contributed by atoms with van der Waals surface area (Å²) in [7, 11) is 0. The molecule has 0 aliphatic rings. The quantitative estimate of drug-likeness (QED) is 0.785. The molecule has 0 fully saturated rings. The summed E-state index contributed by atoms with van der Waals surface area (Å²) in [6.45, 7) is 3.33. The molecule has 0 heterocycles. The summed E-state index contributed by atoms with van der Waals surface area (Å²) < 4.78 is 30.8. The molecule has 0 aliphatic heterocycles. The number of carbonyl (C=O) groups excluding carboxylic acids is 1. The molecule has 0 saturated carbocycles. The number of hydrogen-bond acceptors (Lipinski definition) is 2. The van der Waals surface area contributed by atoms with Gasteiger partial charge in [0.15, 0.2) is 5.78 Å². The topological polar surface area (TPSA) is 26.3 Å². The molecule has 0 spiro atoms. The highest BCUT2D eigenvalue weighted by molar-refractivity contribution is 9.10. The van der Waals surface area contributed by atoms with Crippen LogP contribution in [0.3, 0.4) is 0 Å². The number of rotatable bonds is 4. The molecule has 0 N–H and O–H groups in total. The van der Waals surface area contributed by atoms with Crippen LogP contribution in [-0.2, 0) is 0 Å². The third-order valence-electron chi connectivity index (χ3n) is 2.03. The van der Waals surface area contributed by atoms with Gasteiger partial charge in [-0.15, -0.1) is 0 Å². The zero-order valence-corrected chi connectivity index (χ0v) is 10.5. The lowest BCUT2D eigenvalue weighted by Crippen LogP contribution is -2.02. The molecule has 0 bridgehead atoms. The SMILES string of the molecule is CCOc1c(C(F)F)ccc(C(C)=O)c1Br. The van der Waals surface area contributed by atoms with Crippen LogP contribution in [0.2, 0.25) is 0 Å². The molecule has 0 unspecified atom stereocenters. The van der Waals surface area contributed by atoms with Gasteiger partial charge in [0, 0.05) is 5.56 Å². The van der Waals surface area contributed by atoms with Crippen molar-refractivity contribution in [1.29, 1.82) is 0 Å². The number of Topliss-reactive ketones (excluding diaryl/α,β-unsaturated/α-hetero) is 1. The van der Waals surface area contributed by atoms with Gasteiger partial charge in [0.1, 0.15) is 5.75 Å². The van der Waals surface area contributed by atoms with Crippen LogP contribution < -0.4 is 4.74 Å². The molecular weight excluding hydrogens is 282 g/mol. The van der Waals surface area contributed by atoms with Crippen LogP contribution in [0.15, 0.2) is 16.6 Å². The highest BCUT2D eigenvalue weighted by Gasteiger charge is 2.20. The highest BCUT2D eigenvalue weighted by atomic mass is 79.9. The van der Waals surface area contributed by atoms with Crippen LogP contribution >= 0.6 is 15.9 Å². The lowest BCUT2D eigenvalue weighted by molar-refractivity contribution is 0.101. The Hall–Kier alpha value is -0.970. The first-order chi connectivity index (χ1) is 7.49. The summed E-state index contributed by atoms with van der Waals surface area (Å²) in [4.78, 5) is 11.2. The Bertz CT molecular complexity index is 405. The van der Waals surface area contributed by atoms with E-state index in [1.54, 1.807) is 6.92 Å². The predicted molar refractivity (Wildman–Crippen MR) is 60.3 cm³/mol. The average molecular weight is 293 g/mol. The molecule has 0 aromatic heterocycles. The van der Waals surface area contributed by atoms with Crippen LogP contribution in [0.25, 0.3) is 0 Å². The number of hydrogen-bond donors (Lipinski definition) is 0. The van der Waals surface area contributed by atoms with E-state index in [4.69, 9.17) is 4.74 Å². The minimum absolute atomic E-state index is 0.0465. The maximum Gasteiger partial charge on any atom is 0.267 e. The van der Waals surface area contributed by atoms with E-state index < -0.39 is 6.43 Å². The van der Waals surface area contributed by atoms with E-state index in [0.717, 1.165) is 0 Å². The lowest BCUT2D eigenvalue weighted by atomic mass is 10.1. The summed E-state index contributed by atoms with van der Waals surface area (Å²) in [5, 5.41) is 0. The number of benzene rings is 1. The van der Waals surface area contributed by atoms with E-state index in [-0.39, 0.29) is 23.7 Å². The number of ether oxygens (including phenoxy) is 1. The summed E-state index contributed by atoms with van der Waals surface area (Å²) in [6, 6.07) is 2.59. The second kappa shape index (κ2) is 5.39. The van der Waals surface area contributed by atoms with Gasteiger partial charge in [-0.3, -0.25) is 4.79 Å². The van der Waals surface area contributed by atoms with Crippen LogP contribution in [0.5, 0.6) is 5.75 Å². The van der Waals surface area contributed by atoms with Crippen molar-refractivity contribution in [3.05, 3.63) is 27.7 Å². The molecule has 0 atom stereocenters. The maximum absolute atomic E-state index is 12.7. The van der Waals surface area contributed by atoms with Crippen LogP contribution in [0.4, 0.5) is 8.78 Å². The van der Waals surface area contributed by atoms with Crippen molar-refractivity contribution in [3.8, 4) is 5.75 Å². The lowest BCUT2D eigenvalue weighted by Gasteiger charge is -2.13. The molecule has 1 aromatic rings. The molecule has 1 aromatic carbocycles. The van der Waals surface area contributed by atoms with Crippen LogP contribution in [0, 0.1) is 0 Å². The molecule has 0 amide bonds. The van der Waals surface area contributed by atoms with E-state index in [1.165, 1.54) is 19.1 Å². The number of ketones is 1. The third kappa shape index (κ3) is 2.58. The minimum Gasteiger partial charge on any atom is -0.492 e. The molecule has 5 heteroatoms. The fourth-order valence-corrected chi connectivity index (χ4v) is 2.06. The summed E-state index contributed by atoms with van der Waals surface area (Å²) in [5.74, 6) is -0.154. The summed E-state index contributed by atoms with van der Waals surface area (Å²) in [6.07, 6.45) is -2.63. The van der Waals surface area contributed by atoms with Gasteiger partial charge in [-0.2, -0.15) is 0 Å². The summed E-state index contributed by atoms with van der Waals surface area (Å²) in [5.41, 5.74) is 0.131. The van der Waals surface area contributed by atoms with Gasteiger partial charge >= 0.3 is 0 Å². The first-order valence-corrected chi connectivity index (χ1v) is 5.52. The smallest absolute Gasteiger partial charge is 0.267 e. The number of carbonyl (C=O) groups is 1. The van der Waals surface area contributed by atoms with Gasteiger partial charge in [0.25, 0.3) is 6.43 Å². The van der Waals surface area contributed by atoms with Crippen LogP contribution in [0.1, 0.15) is 36.2 Å². The minimum atomic E-state index is -2.63. The van der Waals surface area contributed by atoms with Crippen molar-refractivity contribution >= 4 is 21.7 Å². The first kappa shape index (κ1) is 13.1. The van der Waals surface area contributed by atoms with Gasteiger partial charge < -0.3 is 4.74 Å². The molecular formula is C11H11BrF2O2. The molecule has 0 radical (unpaired) electrons. The van der Waals surface area contributed by atoms with E-state index in [1.807, 2.05) is 0 Å². The van der Waals surface area contributed by atoms with Crippen LogP contribution in [-0.4, -0.2) is 12.4 Å². The zero-order chi connectivity index (χ0) is 12.3. The second-order valence-electron chi connectivity index (χ2n) is 3.14. The van der Waals surface area contributed by atoms with E-state index >= 15 is 0 Å². The largest absolute Gasteiger partial charge is 0.492 e. The molecule has 0 saturated heterocycles. The van der Waals surface area contributed by atoms with Crippen molar-refractivity contribution in [2.24, 2.45) is 0 Å². The van der Waals surface area contributed by atoms with E-state index in [9.17, 15) is 13.6 Å². The molecule has 1 rings (SSSR count). The Labute approximate surface area is 101 Å². The Morgan fingerprint density at radius 3 is 2.56 bits per heavy atom. The Morgan fingerprint density at radius 2 is 2.12 bits per heavy atom. The van der Waals surface area contributed by atoms with Gasteiger partial charge in [-0.1, -0.05) is 0 Å². The normalized spacial score (nSPS) is 10.6. The number of alkyl halides is 2. The van der Waals surface area contributed by atoms with Crippen molar-refractivity contribution in [1.82, 2.24) is 0 Å². The fourth-order valence-electron chi connectivity index (χ4n) is 1.31. The third-order valence-corrected chi connectivity index (χ3v) is 2.82. The monoisotopic (exact) mass is 292 g/mol. The highest BCUT2D eigenvalue weighted by Crippen LogP contribution is 2.37. The van der Waals surface area contributed by atoms with Gasteiger partial charge in [-0.25, -0.2) is 8.78 Å². The average Bonchev–Trinajstić information content (AvgIpc) is 2.20. The molecule has 0 aliphatic carbocycles. The van der Waals surface area contributed by atoms with Crippen molar-refractivity contribution < 1.29 is 18.3 Å². The molecule has 16 heavy (non-hydrogen) atoms. The van der Waals surface area contributed by atoms with Crippen molar-refractivity contribution in [2.75, 3.05) is 6.61 Å². The zero-order valence-electron chi connectivity index (χ0n) is 8.89. The van der Waals surface area contributed by atoms with Gasteiger partial charge in [0.05, 0.1) is 16.6 Å². The molecule has 88 valence electrons. The molecule has 2 nitrogen and oxygen atoms in total. The predicted octanol–water partition coefficient (Wildman–Crippen LogP) is 3.99. The van der Waals surface area contributed by atoms with Gasteiger partial charge in [-0.05, 0) is 41.9 Å². The van der Waals surface area contributed by atoms with Crippen molar-refractivity contribution in [3.63, 3.8) is 0 Å². The van der Waals surface area contributed by atoms with Crippen molar-refractivity contribution in [2.45, 2.75) is 20.3 Å². The number of halogens is 3. The fraction of sp³-hybridized carbons (Fsp3) is 0.364. The Balaban J connectivity index is 3.35. The first-order valence-electron chi connectivity index (χ1n) is 4.73. The van der Waals surface area contributed by atoms with Gasteiger partial charge in [0.2, 0.25) is 0 Å². The standard InChI is InChI=1S/C11H11BrF2O2/c1-3-16-10-8(11(13)14)5-4-7(6(2)15)9(10)12/h4-5,11H,3H2,1-2H3. The second-order valence-corrected chi connectivity index (χ2v) is 3.93. The summed E-state index contributed by atoms with van der Waals surface area (Å²) >= 11 is 3.12.